The van der Waals surface area contributed by atoms with Gasteiger partial charge in [-0.15, -0.1) is 0 Å². The lowest BCUT2D eigenvalue weighted by Gasteiger charge is -2.22. The molecule has 1 atom stereocenters. The molecule has 0 bridgehead atoms. The van der Waals surface area contributed by atoms with Gasteiger partial charge in [0.15, 0.2) is 5.82 Å². The summed E-state index contributed by atoms with van der Waals surface area (Å²) < 4.78 is 1.59. The highest BCUT2D eigenvalue weighted by Crippen LogP contribution is 2.16. The van der Waals surface area contributed by atoms with Crippen LogP contribution < -0.4 is 10.6 Å². The van der Waals surface area contributed by atoms with Crippen LogP contribution in [0.3, 0.4) is 0 Å². The van der Waals surface area contributed by atoms with Gasteiger partial charge in [-0.1, -0.05) is 0 Å². The minimum absolute atomic E-state index is 0.142. The maximum Gasteiger partial charge on any atom is 0.319 e. The van der Waals surface area contributed by atoms with Crippen molar-refractivity contribution < 1.29 is 9.59 Å². The summed E-state index contributed by atoms with van der Waals surface area (Å²) in [5, 5.41) is 9.77. The van der Waals surface area contributed by atoms with Gasteiger partial charge >= 0.3 is 6.03 Å². The molecule has 2 aromatic heterocycles. The first-order chi connectivity index (χ1) is 11.6. The highest BCUT2D eigenvalue weighted by atomic mass is 16.2. The molecule has 1 aliphatic rings. The Hall–Kier alpha value is -2.90. The summed E-state index contributed by atoms with van der Waals surface area (Å²) in [6.45, 7) is 3.16. The fourth-order valence-electron chi connectivity index (χ4n) is 2.73. The lowest BCUT2D eigenvalue weighted by atomic mass is 10.3. The Balaban J connectivity index is 1.60. The predicted molar refractivity (Wildman–Crippen MR) is 88.8 cm³/mol. The van der Waals surface area contributed by atoms with Crippen LogP contribution in [0.1, 0.15) is 19.8 Å². The molecule has 3 heterocycles. The summed E-state index contributed by atoms with van der Waals surface area (Å²) in [7, 11) is 0. The van der Waals surface area contributed by atoms with E-state index >= 15 is 0 Å². The van der Waals surface area contributed by atoms with Crippen LogP contribution in [0.15, 0.2) is 36.8 Å². The number of pyridine rings is 1. The van der Waals surface area contributed by atoms with Crippen LogP contribution in [0.5, 0.6) is 0 Å². The third-order valence-corrected chi connectivity index (χ3v) is 3.80. The first kappa shape index (κ1) is 16.0. The van der Waals surface area contributed by atoms with E-state index in [0.717, 1.165) is 13.0 Å². The van der Waals surface area contributed by atoms with Crippen LogP contribution in [0, 0.1) is 0 Å². The maximum absolute atomic E-state index is 12.2. The second kappa shape index (κ2) is 7.12. The summed E-state index contributed by atoms with van der Waals surface area (Å²) in [6, 6.07) is 4.81. The lowest BCUT2D eigenvalue weighted by Crippen LogP contribution is -2.44. The van der Waals surface area contributed by atoms with Crippen molar-refractivity contribution in [3.63, 3.8) is 0 Å². The molecule has 3 amide bonds. The Bertz CT molecular complexity index is 715. The van der Waals surface area contributed by atoms with Crippen LogP contribution in [0.4, 0.5) is 10.5 Å². The average molecular weight is 328 g/mol. The summed E-state index contributed by atoms with van der Waals surface area (Å²) in [4.78, 5) is 29.9. The number of nitrogens with one attached hydrogen (secondary N) is 2. The van der Waals surface area contributed by atoms with E-state index in [1.54, 1.807) is 46.4 Å². The topological polar surface area (TPSA) is 92.2 Å². The Labute approximate surface area is 139 Å². The number of rotatable bonds is 5. The van der Waals surface area contributed by atoms with Crippen LogP contribution in [-0.4, -0.2) is 50.7 Å². The molecule has 126 valence electrons. The van der Waals surface area contributed by atoms with Gasteiger partial charge < -0.3 is 15.5 Å². The third-order valence-electron chi connectivity index (χ3n) is 3.80. The van der Waals surface area contributed by atoms with Gasteiger partial charge in [-0.25, -0.2) is 14.5 Å². The second-order valence-electron chi connectivity index (χ2n) is 5.77. The van der Waals surface area contributed by atoms with E-state index in [1.165, 1.54) is 0 Å². The quantitative estimate of drug-likeness (QED) is 0.868. The zero-order valence-electron chi connectivity index (χ0n) is 13.5. The highest BCUT2D eigenvalue weighted by Gasteiger charge is 2.22. The molecule has 2 N–H and O–H groups in total. The summed E-state index contributed by atoms with van der Waals surface area (Å²) >= 11 is 0. The number of aromatic nitrogens is 3. The molecule has 8 nitrogen and oxygen atoms in total. The molecule has 0 aliphatic carbocycles. The van der Waals surface area contributed by atoms with Crippen molar-refractivity contribution in [3.05, 3.63) is 36.8 Å². The van der Waals surface area contributed by atoms with E-state index in [1.807, 2.05) is 6.92 Å². The highest BCUT2D eigenvalue weighted by molar-refractivity contribution is 5.91. The molecule has 1 aliphatic heterocycles. The number of anilines is 1. The molecule has 3 rings (SSSR count). The zero-order valence-corrected chi connectivity index (χ0v) is 13.5. The maximum atomic E-state index is 12.2. The number of likely N-dealkylation sites (tertiary alicyclic amines) is 1. The van der Waals surface area contributed by atoms with Crippen molar-refractivity contribution in [2.45, 2.75) is 25.8 Å². The zero-order chi connectivity index (χ0) is 16.9. The Kier molecular flexibility index (Phi) is 4.74. The molecule has 2 aromatic rings. The van der Waals surface area contributed by atoms with Crippen molar-refractivity contribution in [1.29, 1.82) is 0 Å². The first-order valence-corrected chi connectivity index (χ1v) is 7.94. The molecule has 0 spiro atoms. The summed E-state index contributed by atoms with van der Waals surface area (Å²) in [6.07, 6.45) is 6.53. The molecule has 0 saturated carbocycles. The van der Waals surface area contributed by atoms with E-state index in [0.29, 0.717) is 24.5 Å². The van der Waals surface area contributed by atoms with Gasteiger partial charge in [-0.05, 0) is 31.5 Å². The van der Waals surface area contributed by atoms with Crippen molar-refractivity contribution >= 4 is 17.6 Å². The minimum atomic E-state index is -0.337. The number of amides is 3. The van der Waals surface area contributed by atoms with Crippen molar-refractivity contribution in [2.24, 2.45) is 0 Å². The van der Waals surface area contributed by atoms with Crippen LogP contribution in [-0.2, 0) is 4.79 Å². The number of carbonyl (C=O) groups is 2. The molecular formula is C16H20N6O2. The van der Waals surface area contributed by atoms with Gasteiger partial charge in [0.1, 0.15) is 0 Å². The molecule has 1 saturated heterocycles. The Morgan fingerprint density at radius 2 is 2.25 bits per heavy atom. The summed E-state index contributed by atoms with van der Waals surface area (Å²) in [5.74, 6) is 0.692. The van der Waals surface area contributed by atoms with Crippen molar-refractivity contribution in [3.8, 4) is 5.82 Å². The normalized spacial score (nSPS) is 15.4. The number of urea groups is 1. The largest absolute Gasteiger partial charge is 0.341 e. The van der Waals surface area contributed by atoms with Gasteiger partial charge in [0.2, 0.25) is 5.91 Å². The monoisotopic (exact) mass is 328 g/mol. The smallest absolute Gasteiger partial charge is 0.319 e. The molecular weight excluding hydrogens is 308 g/mol. The molecule has 0 radical (unpaired) electrons. The summed E-state index contributed by atoms with van der Waals surface area (Å²) in [5.41, 5.74) is 0.558. The van der Waals surface area contributed by atoms with Gasteiger partial charge in [-0.2, -0.15) is 5.10 Å². The molecule has 24 heavy (non-hydrogen) atoms. The van der Waals surface area contributed by atoms with E-state index in [4.69, 9.17) is 0 Å². The molecule has 0 aromatic carbocycles. The molecule has 8 heteroatoms. The van der Waals surface area contributed by atoms with Gasteiger partial charge in [0.25, 0.3) is 0 Å². The van der Waals surface area contributed by atoms with Gasteiger partial charge in [0, 0.05) is 44.1 Å². The SMILES string of the molecule is C[C@@H](CN1CCCC1=O)NC(=O)Nc1cccnc1-n1cccn1. The van der Waals surface area contributed by atoms with Crippen LogP contribution in [0.2, 0.25) is 0 Å². The Morgan fingerprint density at radius 1 is 1.38 bits per heavy atom. The number of nitrogens with zero attached hydrogens (tertiary/aromatic N) is 4. The molecule has 1 fully saturated rings. The van der Waals surface area contributed by atoms with E-state index in [-0.39, 0.29) is 18.0 Å². The van der Waals surface area contributed by atoms with Crippen LogP contribution in [0.25, 0.3) is 5.82 Å². The van der Waals surface area contributed by atoms with Crippen molar-refractivity contribution in [1.82, 2.24) is 25.0 Å². The number of hydrogen-bond donors (Lipinski definition) is 2. The minimum Gasteiger partial charge on any atom is -0.341 e. The van der Waals surface area contributed by atoms with E-state index < -0.39 is 0 Å². The first-order valence-electron chi connectivity index (χ1n) is 7.94. The fourth-order valence-corrected chi connectivity index (χ4v) is 2.73. The van der Waals surface area contributed by atoms with Crippen molar-refractivity contribution in [2.75, 3.05) is 18.4 Å². The third kappa shape index (κ3) is 3.70. The van der Waals surface area contributed by atoms with E-state index in [9.17, 15) is 9.59 Å². The second-order valence-corrected chi connectivity index (χ2v) is 5.77. The number of hydrogen-bond acceptors (Lipinski definition) is 4. The van der Waals surface area contributed by atoms with Gasteiger partial charge in [-0.3, -0.25) is 4.79 Å². The van der Waals surface area contributed by atoms with Gasteiger partial charge in [0.05, 0.1) is 5.69 Å². The number of carbonyl (C=O) groups excluding carboxylic acids is 2. The standard InChI is InChI=1S/C16H20N6O2/c1-12(11-21-9-3-6-14(21)23)19-16(24)20-13-5-2-7-17-15(13)22-10-4-8-18-22/h2,4-5,7-8,10,12H,3,6,9,11H2,1H3,(H2,19,20,24)/t12-/m0/s1. The fraction of sp³-hybridized carbons (Fsp3) is 0.375. The van der Waals surface area contributed by atoms with E-state index in [2.05, 4.69) is 20.7 Å². The molecule has 0 unspecified atom stereocenters. The predicted octanol–water partition coefficient (Wildman–Crippen LogP) is 1.40. The average Bonchev–Trinajstić information content (AvgIpc) is 3.20. The van der Waals surface area contributed by atoms with Crippen LogP contribution >= 0.6 is 0 Å². The lowest BCUT2D eigenvalue weighted by molar-refractivity contribution is -0.127. The Morgan fingerprint density at radius 3 is 2.96 bits per heavy atom.